The molecule has 0 amide bonds. The molecular weight excluding hydrogens is 456 g/mol. The summed E-state index contributed by atoms with van der Waals surface area (Å²) in [5, 5.41) is 3.42. The maximum atomic E-state index is 13.7. The average Bonchev–Trinajstić information content (AvgIpc) is 3.11. The maximum Gasteiger partial charge on any atom is 0.220 e. The van der Waals surface area contributed by atoms with Gasteiger partial charge < -0.3 is 24.3 Å². The lowest BCUT2D eigenvalue weighted by molar-refractivity contribution is 0.324. The number of rotatable bonds is 7. The summed E-state index contributed by atoms with van der Waals surface area (Å²) < 4.78 is 49.3. The van der Waals surface area contributed by atoms with E-state index in [1.165, 1.54) is 19.2 Å². The number of fused-ring (bicyclic) bond motifs is 3. The molecule has 3 aromatic carbocycles. The summed E-state index contributed by atoms with van der Waals surface area (Å²) in [7, 11) is 6.11. The number of benzene rings is 2. The van der Waals surface area contributed by atoms with E-state index in [-0.39, 0.29) is 23.8 Å². The Hall–Kier alpha value is -3.65. The largest absolute Gasteiger partial charge is 0.493 e. The van der Waals surface area contributed by atoms with Crippen LogP contribution in [0.15, 0.2) is 47.3 Å². The third-order valence-corrected chi connectivity index (χ3v) is 6.26. The standard InChI is InChI=1S/C27H27F2NO5/c1-32-23-10-7-17-18(13-22(23)31)21(30-14-15-5-8-19(28)20(29)11-15)9-6-16-12-24(33-2)26(34-3)27(35-4)25(16)17/h5,7-8,10-13,21,30H,6,9,14H2,1-4H3/t21-/m0/s1. The number of halogens is 2. The van der Waals surface area contributed by atoms with E-state index in [4.69, 9.17) is 18.9 Å². The SMILES string of the molecule is COc1cc2c(c(OC)c1OC)-c1ccc(OC)c(=O)cc1[C@@H](NCc1ccc(F)c(F)c1)CC2. The van der Waals surface area contributed by atoms with Gasteiger partial charge in [-0.1, -0.05) is 12.1 Å². The highest BCUT2D eigenvalue weighted by Gasteiger charge is 2.29. The summed E-state index contributed by atoms with van der Waals surface area (Å²) in [5.74, 6) is -0.0941. The zero-order valence-electron chi connectivity index (χ0n) is 20.0. The smallest absolute Gasteiger partial charge is 0.220 e. The predicted octanol–water partition coefficient (Wildman–Crippen LogP) is 4.80. The first-order chi connectivity index (χ1) is 16.9. The summed E-state index contributed by atoms with van der Waals surface area (Å²) in [4.78, 5) is 12.9. The monoisotopic (exact) mass is 483 g/mol. The van der Waals surface area contributed by atoms with Gasteiger partial charge in [0, 0.05) is 18.2 Å². The fourth-order valence-electron chi connectivity index (χ4n) is 4.57. The quantitative estimate of drug-likeness (QED) is 0.521. The molecular formula is C27H27F2NO5. The molecule has 0 spiro atoms. The second-order valence-corrected chi connectivity index (χ2v) is 8.18. The minimum absolute atomic E-state index is 0.207. The summed E-state index contributed by atoms with van der Waals surface area (Å²) in [6, 6.07) is 10.5. The van der Waals surface area contributed by atoms with Gasteiger partial charge in [0.2, 0.25) is 11.2 Å². The number of hydrogen-bond donors (Lipinski definition) is 1. The lowest BCUT2D eigenvalue weighted by atomic mass is 9.95. The van der Waals surface area contributed by atoms with Crippen LogP contribution in [0.25, 0.3) is 11.1 Å². The molecule has 1 atom stereocenters. The number of nitrogens with one attached hydrogen (secondary N) is 1. The van der Waals surface area contributed by atoms with Crippen molar-refractivity contribution in [3.8, 4) is 34.1 Å². The van der Waals surface area contributed by atoms with Crippen LogP contribution in [-0.4, -0.2) is 28.4 Å². The Morgan fingerprint density at radius 2 is 1.60 bits per heavy atom. The van der Waals surface area contributed by atoms with Gasteiger partial charge in [-0.15, -0.1) is 0 Å². The van der Waals surface area contributed by atoms with Crippen molar-refractivity contribution >= 4 is 0 Å². The molecule has 0 aromatic heterocycles. The third kappa shape index (κ3) is 4.66. The highest BCUT2D eigenvalue weighted by molar-refractivity contribution is 5.82. The van der Waals surface area contributed by atoms with Crippen molar-refractivity contribution in [2.24, 2.45) is 0 Å². The second-order valence-electron chi connectivity index (χ2n) is 8.18. The molecule has 6 nitrogen and oxygen atoms in total. The van der Waals surface area contributed by atoms with Crippen LogP contribution in [0.2, 0.25) is 0 Å². The number of methoxy groups -OCH3 is 4. The molecule has 0 saturated carbocycles. The predicted molar refractivity (Wildman–Crippen MR) is 129 cm³/mol. The van der Waals surface area contributed by atoms with Crippen molar-refractivity contribution in [3.63, 3.8) is 0 Å². The van der Waals surface area contributed by atoms with Crippen LogP contribution in [0.3, 0.4) is 0 Å². The molecule has 1 N–H and O–H groups in total. The van der Waals surface area contributed by atoms with Gasteiger partial charge in [-0.3, -0.25) is 4.79 Å². The summed E-state index contributed by atoms with van der Waals surface area (Å²) >= 11 is 0. The van der Waals surface area contributed by atoms with Gasteiger partial charge >= 0.3 is 0 Å². The summed E-state index contributed by atoms with van der Waals surface area (Å²) in [5.41, 5.74) is 3.61. The lowest BCUT2D eigenvalue weighted by Crippen LogP contribution is -2.22. The first kappa shape index (κ1) is 24.5. The minimum Gasteiger partial charge on any atom is -0.493 e. The molecule has 1 aliphatic carbocycles. The second kappa shape index (κ2) is 10.3. The van der Waals surface area contributed by atoms with Crippen LogP contribution in [0.5, 0.6) is 23.0 Å². The zero-order valence-corrected chi connectivity index (χ0v) is 20.0. The Balaban J connectivity index is 1.88. The van der Waals surface area contributed by atoms with E-state index in [1.807, 2.05) is 12.1 Å². The first-order valence-corrected chi connectivity index (χ1v) is 11.1. The van der Waals surface area contributed by atoms with Crippen molar-refractivity contribution in [1.82, 2.24) is 5.32 Å². The van der Waals surface area contributed by atoms with E-state index >= 15 is 0 Å². The normalized spacial score (nSPS) is 14.4. The van der Waals surface area contributed by atoms with Crippen LogP contribution < -0.4 is 29.7 Å². The molecule has 0 saturated heterocycles. The van der Waals surface area contributed by atoms with E-state index in [2.05, 4.69) is 5.32 Å². The Morgan fingerprint density at radius 1 is 0.857 bits per heavy atom. The van der Waals surface area contributed by atoms with Gasteiger partial charge in [0.1, 0.15) is 0 Å². The van der Waals surface area contributed by atoms with E-state index in [0.29, 0.717) is 35.7 Å². The fourth-order valence-corrected chi connectivity index (χ4v) is 4.57. The molecule has 8 heteroatoms. The highest BCUT2D eigenvalue weighted by Crippen LogP contribution is 2.50. The topological polar surface area (TPSA) is 66.0 Å². The molecule has 0 aliphatic heterocycles. The molecule has 1 aliphatic rings. The maximum absolute atomic E-state index is 13.7. The van der Waals surface area contributed by atoms with Gasteiger partial charge in [0.15, 0.2) is 28.9 Å². The fraction of sp³-hybridized carbons (Fsp3) is 0.296. The Kier molecular flexibility index (Phi) is 7.21. The van der Waals surface area contributed by atoms with Crippen molar-refractivity contribution in [3.05, 3.63) is 81.0 Å². The van der Waals surface area contributed by atoms with Crippen molar-refractivity contribution in [2.75, 3.05) is 28.4 Å². The number of aryl methyl sites for hydroxylation is 1. The highest BCUT2D eigenvalue weighted by atomic mass is 19.2. The molecule has 0 fully saturated rings. The van der Waals surface area contributed by atoms with E-state index in [0.717, 1.165) is 28.3 Å². The third-order valence-electron chi connectivity index (χ3n) is 6.26. The van der Waals surface area contributed by atoms with Gasteiger partial charge in [-0.25, -0.2) is 8.78 Å². The molecule has 184 valence electrons. The molecule has 0 radical (unpaired) electrons. The van der Waals surface area contributed by atoms with Gasteiger partial charge in [-0.05, 0) is 65.4 Å². The molecule has 4 rings (SSSR count). The Labute approximate surface area is 202 Å². The van der Waals surface area contributed by atoms with Crippen LogP contribution in [-0.2, 0) is 13.0 Å². The Bertz CT molecular complexity index is 1310. The van der Waals surface area contributed by atoms with Crippen molar-refractivity contribution in [1.29, 1.82) is 0 Å². The zero-order chi connectivity index (χ0) is 25.1. The van der Waals surface area contributed by atoms with Crippen LogP contribution in [0.4, 0.5) is 8.78 Å². The van der Waals surface area contributed by atoms with Crippen LogP contribution >= 0.6 is 0 Å². The van der Waals surface area contributed by atoms with Crippen molar-refractivity contribution < 1.29 is 27.7 Å². The van der Waals surface area contributed by atoms with Gasteiger partial charge in [0.25, 0.3) is 0 Å². The summed E-state index contributed by atoms with van der Waals surface area (Å²) in [6.45, 7) is 0.283. The minimum atomic E-state index is -0.903. The number of hydrogen-bond acceptors (Lipinski definition) is 6. The molecule has 0 unspecified atom stereocenters. The first-order valence-electron chi connectivity index (χ1n) is 11.1. The average molecular weight is 484 g/mol. The summed E-state index contributed by atoms with van der Waals surface area (Å²) in [6.07, 6.45) is 1.28. The molecule has 0 bridgehead atoms. The molecule has 35 heavy (non-hydrogen) atoms. The van der Waals surface area contributed by atoms with E-state index in [9.17, 15) is 13.6 Å². The molecule has 3 aromatic rings. The van der Waals surface area contributed by atoms with Crippen LogP contribution in [0, 0.1) is 11.6 Å². The lowest BCUT2D eigenvalue weighted by Gasteiger charge is -2.20. The molecule has 0 heterocycles. The van der Waals surface area contributed by atoms with Crippen molar-refractivity contribution in [2.45, 2.75) is 25.4 Å². The van der Waals surface area contributed by atoms with E-state index in [1.54, 1.807) is 33.5 Å². The van der Waals surface area contributed by atoms with E-state index < -0.39 is 11.6 Å². The number of ether oxygens (including phenoxy) is 4. The Morgan fingerprint density at radius 3 is 2.26 bits per heavy atom. The van der Waals surface area contributed by atoms with Gasteiger partial charge in [0.05, 0.1) is 28.4 Å². The van der Waals surface area contributed by atoms with Gasteiger partial charge in [-0.2, -0.15) is 0 Å². The van der Waals surface area contributed by atoms with Crippen LogP contribution in [0.1, 0.15) is 29.2 Å².